The highest BCUT2D eigenvalue weighted by Gasteiger charge is 2.37. The number of fused-ring (bicyclic) bond motifs is 1. The summed E-state index contributed by atoms with van der Waals surface area (Å²) in [5.41, 5.74) is 0.821. The van der Waals surface area contributed by atoms with Gasteiger partial charge < -0.3 is 5.32 Å². The van der Waals surface area contributed by atoms with Gasteiger partial charge in [0.15, 0.2) is 5.65 Å². The van der Waals surface area contributed by atoms with Crippen molar-refractivity contribution < 1.29 is 13.2 Å². The number of nitrogens with zero attached hydrogens (tertiary/aromatic N) is 4. The van der Waals surface area contributed by atoms with Gasteiger partial charge in [0.25, 0.3) is 5.82 Å². The van der Waals surface area contributed by atoms with Gasteiger partial charge in [-0.2, -0.15) is 17.7 Å². The average molecular weight is 376 g/mol. The maximum atomic E-state index is 12.9. The van der Waals surface area contributed by atoms with Crippen LogP contribution in [0.2, 0.25) is 10.0 Å². The Morgan fingerprint density at radius 3 is 2.50 bits per heavy atom. The second kappa shape index (κ2) is 6.10. The number of rotatable bonds is 3. The summed E-state index contributed by atoms with van der Waals surface area (Å²) in [5.74, 6) is -0.935. The Bertz CT molecular complexity index is 894. The van der Waals surface area contributed by atoms with Crippen LogP contribution >= 0.6 is 23.2 Å². The topological polar surface area (TPSA) is 55.1 Å². The van der Waals surface area contributed by atoms with Gasteiger partial charge in [-0.05, 0) is 36.8 Å². The maximum Gasteiger partial charge on any atom is 0.453 e. The highest BCUT2D eigenvalue weighted by molar-refractivity contribution is 6.42. The largest absolute Gasteiger partial charge is 0.453 e. The second-order valence-electron chi connectivity index (χ2n) is 5.05. The number of benzene rings is 1. The quantitative estimate of drug-likeness (QED) is 0.725. The molecule has 0 spiro atoms. The van der Waals surface area contributed by atoms with Crippen molar-refractivity contribution in [3.63, 3.8) is 0 Å². The van der Waals surface area contributed by atoms with E-state index in [1.807, 2.05) is 6.92 Å². The lowest BCUT2D eigenvalue weighted by Gasteiger charge is -2.15. The molecule has 0 saturated heterocycles. The summed E-state index contributed by atoms with van der Waals surface area (Å²) in [6.07, 6.45) is -4.64. The fraction of sp³-hybridized carbons (Fsp3) is 0.214. The number of nitrogens with one attached hydrogen (secondary N) is 1. The van der Waals surface area contributed by atoms with Crippen LogP contribution < -0.4 is 5.32 Å². The summed E-state index contributed by atoms with van der Waals surface area (Å²) < 4.78 is 39.3. The Labute approximate surface area is 144 Å². The molecular formula is C14H10Cl2F3N5. The summed E-state index contributed by atoms with van der Waals surface area (Å²) in [6.45, 7) is 1.82. The molecule has 0 amide bonds. The molecule has 1 N–H and O–H groups in total. The summed E-state index contributed by atoms with van der Waals surface area (Å²) in [4.78, 5) is 0. The Balaban J connectivity index is 1.90. The third-order valence-corrected chi connectivity index (χ3v) is 4.06. The normalized spacial score (nSPS) is 13.2. The molecule has 126 valence electrons. The molecule has 0 aliphatic carbocycles. The van der Waals surface area contributed by atoms with Crippen molar-refractivity contribution in [3.05, 3.63) is 51.8 Å². The Kier molecular flexibility index (Phi) is 4.27. The van der Waals surface area contributed by atoms with Crippen molar-refractivity contribution in [2.24, 2.45) is 0 Å². The van der Waals surface area contributed by atoms with Crippen molar-refractivity contribution in [1.29, 1.82) is 0 Å². The van der Waals surface area contributed by atoms with Gasteiger partial charge in [0.05, 0.1) is 16.1 Å². The van der Waals surface area contributed by atoms with E-state index in [0.717, 1.165) is 5.56 Å². The molecule has 5 nitrogen and oxygen atoms in total. The first kappa shape index (κ1) is 16.8. The minimum Gasteiger partial charge on any atom is -0.362 e. The van der Waals surface area contributed by atoms with Crippen molar-refractivity contribution in [3.8, 4) is 0 Å². The summed E-state index contributed by atoms with van der Waals surface area (Å²) in [7, 11) is 0. The first-order chi connectivity index (χ1) is 11.3. The van der Waals surface area contributed by atoms with Gasteiger partial charge >= 0.3 is 6.18 Å². The molecular weight excluding hydrogens is 366 g/mol. The van der Waals surface area contributed by atoms with Gasteiger partial charge in [-0.3, -0.25) is 0 Å². The first-order valence-electron chi connectivity index (χ1n) is 6.77. The lowest BCUT2D eigenvalue weighted by atomic mass is 10.1. The van der Waals surface area contributed by atoms with E-state index >= 15 is 0 Å². The van der Waals surface area contributed by atoms with Crippen LogP contribution in [0.1, 0.15) is 24.4 Å². The third-order valence-electron chi connectivity index (χ3n) is 3.32. The molecule has 1 unspecified atom stereocenters. The van der Waals surface area contributed by atoms with E-state index in [-0.39, 0.29) is 17.5 Å². The molecule has 1 atom stereocenters. The smallest absolute Gasteiger partial charge is 0.362 e. The molecule has 0 radical (unpaired) electrons. The molecule has 2 aromatic heterocycles. The van der Waals surface area contributed by atoms with Crippen molar-refractivity contribution in [1.82, 2.24) is 19.8 Å². The zero-order chi connectivity index (χ0) is 17.5. The number of anilines is 1. The van der Waals surface area contributed by atoms with Gasteiger partial charge in [0, 0.05) is 0 Å². The zero-order valence-corrected chi connectivity index (χ0v) is 13.7. The van der Waals surface area contributed by atoms with Gasteiger partial charge in [0.2, 0.25) is 0 Å². The van der Waals surface area contributed by atoms with E-state index < -0.39 is 12.0 Å². The van der Waals surface area contributed by atoms with E-state index in [9.17, 15) is 13.2 Å². The lowest BCUT2D eigenvalue weighted by molar-refractivity contribution is -0.146. The van der Waals surface area contributed by atoms with Gasteiger partial charge in [0.1, 0.15) is 5.82 Å². The molecule has 0 aliphatic heterocycles. The minimum absolute atomic E-state index is 0.00932. The molecule has 0 aliphatic rings. The number of alkyl halides is 3. The number of aromatic nitrogens is 4. The highest BCUT2D eigenvalue weighted by atomic mass is 35.5. The Morgan fingerprint density at radius 2 is 1.83 bits per heavy atom. The zero-order valence-electron chi connectivity index (χ0n) is 12.1. The molecule has 10 heteroatoms. The van der Waals surface area contributed by atoms with E-state index in [4.69, 9.17) is 23.2 Å². The molecule has 24 heavy (non-hydrogen) atoms. The Morgan fingerprint density at radius 1 is 1.08 bits per heavy atom. The van der Waals surface area contributed by atoms with E-state index in [1.54, 1.807) is 18.2 Å². The van der Waals surface area contributed by atoms with Crippen LogP contribution in [0.5, 0.6) is 0 Å². The molecule has 1 aromatic carbocycles. The van der Waals surface area contributed by atoms with E-state index in [2.05, 4.69) is 20.6 Å². The Hall–Kier alpha value is -2.06. The number of hydrogen-bond donors (Lipinski definition) is 1. The summed E-state index contributed by atoms with van der Waals surface area (Å²) >= 11 is 11.8. The molecule has 0 fully saturated rings. The van der Waals surface area contributed by atoms with E-state index in [1.165, 1.54) is 12.1 Å². The predicted octanol–water partition coefficient (Wildman–Crippen LogP) is 4.62. The maximum absolute atomic E-state index is 12.9. The predicted molar refractivity (Wildman–Crippen MR) is 84.3 cm³/mol. The van der Waals surface area contributed by atoms with Crippen molar-refractivity contribution >= 4 is 34.7 Å². The van der Waals surface area contributed by atoms with Crippen LogP contribution in [0.3, 0.4) is 0 Å². The highest BCUT2D eigenvalue weighted by Crippen LogP contribution is 2.29. The van der Waals surface area contributed by atoms with Crippen LogP contribution in [0.15, 0.2) is 30.3 Å². The van der Waals surface area contributed by atoms with Crippen molar-refractivity contribution in [2.75, 3.05) is 5.32 Å². The first-order valence-corrected chi connectivity index (χ1v) is 7.52. The molecule has 3 rings (SSSR count). The fourth-order valence-corrected chi connectivity index (χ4v) is 2.44. The SMILES string of the molecule is CC(Nc1ccc2nnc(C(F)(F)F)n2n1)c1ccc(Cl)c(Cl)c1. The average Bonchev–Trinajstić information content (AvgIpc) is 2.93. The standard InChI is InChI=1S/C14H10Cl2F3N5/c1-7(8-2-3-9(15)10(16)6-8)20-11-4-5-12-21-22-13(14(17,18)19)24(12)23-11/h2-7H,1H3,(H,20,23). The van der Waals surface area contributed by atoms with Crippen LogP contribution in [0, 0.1) is 0 Å². The van der Waals surface area contributed by atoms with Gasteiger partial charge in [-0.15, -0.1) is 15.3 Å². The van der Waals surface area contributed by atoms with Gasteiger partial charge in [-0.1, -0.05) is 29.3 Å². The molecule has 0 saturated carbocycles. The fourth-order valence-electron chi connectivity index (χ4n) is 2.13. The van der Waals surface area contributed by atoms with Crippen LogP contribution in [0.4, 0.5) is 19.0 Å². The summed E-state index contributed by atoms with van der Waals surface area (Å²) in [6, 6.07) is 7.77. The van der Waals surface area contributed by atoms with Crippen molar-refractivity contribution in [2.45, 2.75) is 19.1 Å². The van der Waals surface area contributed by atoms with Crippen LogP contribution in [-0.4, -0.2) is 19.8 Å². The molecule has 2 heterocycles. The monoisotopic (exact) mass is 375 g/mol. The second-order valence-corrected chi connectivity index (χ2v) is 5.86. The summed E-state index contributed by atoms with van der Waals surface area (Å²) in [5, 5.41) is 14.3. The van der Waals surface area contributed by atoms with Gasteiger partial charge in [-0.25, -0.2) is 0 Å². The minimum atomic E-state index is -4.64. The number of halogens is 5. The van der Waals surface area contributed by atoms with E-state index in [0.29, 0.717) is 14.6 Å². The third kappa shape index (κ3) is 3.25. The number of hydrogen-bond acceptors (Lipinski definition) is 4. The molecule has 0 bridgehead atoms. The molecule has 3 aromatic rings. The van der Waals surface area contributed by atoms with Crippen LogP contribution in [0.25, 0.3) is 5.65 Å². The van der Waals surface area contributed by atoms with Crippen LogP contribution in [-0.2, 0) is 6.18 Å². The lowest BCUT2D eigenvalue weighted by Crippen LogP contribution is -2.14.